The Labute approximate surface area is 85.3 Å². The SMILES string of the molecule is [B]C1OC2(COC)C(C)OC1C2OC. The number of rotatable bonds is 3. The van der Waals surface area contributed by atoms with Crippen molar-refractivity contribution < 1.29 is 18.9 Å². The molecule has 5 atom stereocenters. The van der Waals surface area contributed by atoms with Crippen molar-refractivity contribution in [3.8, 4) is 0 Å². The van der Waals surface area contributed by atoms with Crippen LogP contribution in [0.2, 0.25) is 0 Å². The molecule has 0 amide bonds. The molecule has 2 aliphatic rings. The van der Waals surface area contributed by atoms with Crippen molar-refractivity contribution in [2.45, 2.75) is 36.8 Å². The van der Waals surface area contributed by atoms with Crippen LogP contribution in [-0.4, -0.2) is 58.6 Å². The molecule has 0 saturated carbocycles. The smallest absolute Gasteiger partial charge is 0.145 e. The molecule has 2 heterocycles. The molecule has 0 aromatic rings. The minimum atomic E-state index is -0.534. The summed E-state index contributed by atoms with van der Waals surface area (Å²) in [4.78, 5) is 0. The van der Waals surface area contributed by atoms with Gasteiger partial charge in [0.1, 0.15) is 25.7 Å². The van der Waals surface area contributed by atoms with Gasteiger partial charge in [-0.05, 0) is 6.92 Å². The second-order valence-electron chi connectivity index (χ2n) is 3.87. The molecule has 14 heavy (non-hydrogen) atoms. The number of ether oxygens (including phenoxy) is 4. The lowest BCUT2D eigenvalue weighted by Crippen LogP contribution is -2.50. The summed E-state index contributed by atoms with van der Waals surface area (Å²) >= 11 is 0. The van der Waals surface area contributed by atoms with Crippen molar-refractivity contribution in [3.05, 3.63) is 0 Å². The Balaban J connectivity index is 2.25. The first-order valence-electron chi connectivity index (χ1n) is 4.76. The number of hydrogen-bond acceptors (Lipinski definition) is 4. The molecule has 5 heteroatoms. The van der Waals surface area contributed by atoms with E-state index in [-0.39, 0.29) is 18.3 Å². The first-order chi connectivity index (χ1) is 6.65. The van der Waals surface area contributed by atoms with E-state index in [0.29, 0.717) is 6.61 Å². The van der Waals surface area contributed by atoms with Crippen molar-refractivity contribution >= 4 is 7.85 Å². The number of methoxy groups -OCH3 is 2. The second kappa shape index (κ2) is 3.49. The van der Waals surface area contributed by atoms with Gasteiger partial charge in [0.2, 0.25) is 0 Å². The van der Waals surface area contributed by atoms with E-state index in [1.54, 1.807) is 14.2 Å². The standard InChI is InChI=1S/C9H15BO4/c1-5-9(4-11-2)7(12-3)6(13-5)8(10)14-9/h5-8H,4H2,1-3H3. The lowest BCUT2D eigenvalue weighted by molar-refractivity contribution is -0.178. The van der Waals surface area contributed by atoms with E-state index in [0.717, 1.165) is 0 Å². The summed E-state index contributed by atoms with van der Waals surface area (Å²) in [5.41, 5.74) is -0.534. The van der Waals surface area contributed by atoms with Crippen molar-refractivity contribution in [1.29, 1.82) is 0 Å². The highest BCUT2D eigenvalue weighted by Crippen LogP contribution is 2.44. The topological polar surface area (TPSA) is 36.9 Å². The molecule has 5 unspecified atom stereocenters. The highest BCUT2D eigenvalue weighted by atomic mass is 16.7. The van der Waals surface area contributed by atoms with Crippen LogP contribution in [0.5, 0.6) is 0 Å². The Morgan fingerprint density at radius 2 is 2.14 bits per heavy atom. The summed E-state index contributed by atoms with van der Waals surface area (Å²) in [7, 11) is 9.06. The monoisotopic (exact) mass is 198 g/mol. The second-order valence-corrected chi connectivity index (χ2v) is 3.87. The van der Waals surface area contributed by atoms with Crippen LogP contribution in [0.4, 0.5) is 0 Å². The fourth-order valence-corrected chi connectivity index (χ4v) is 2.46. The molecule has 0 N–H and O–H groups in total. The molecule has 2 fully saturated rings. The third-order valence-electron chi connectivity index (χ3n) is 3.13. The normalized spacial score (nSPS) is 51.4. The maximum atomic E-state index is 5.78. The fourth-order valence-electron chi connectivity index (χ4n) is 2.46. The summed E-state index contributed by atoms with van der Waals surface area (Å²) in [6.45, 7) is 2.40. The van der Waals surface area contributed by atoms with Gasteiger partial charge in [-0.3, -0.25) is 0 Å². The molecule has 0 aromatic carbocycles. The van der Waals surface area contributed by atoms with Crippen LogP contribution in [0, 0.1) is 0 Å². The van der Waals surface area contributed by atoms with E-state index in [1.165, 1.54) is 0 Å². The van der Waals surface area contributed by atoms with Gasteiger partial charge in [0.15, 0.2) is 0 Å². The van der Waals surface area contributed by atoms with Gasteiger partial charge >= 0.3 is 0 Å². The van der Waals surface area contributed by atoms with E-state index < -0.39 is 11.6 Å². The van der Waals surface area contributed by atoms with Crippen LogP contribution in [0.1, 0.15) is 6.92 Å². The minimum absolute atomic E-state index is 0.0443. The molecule has 78 valence electrons. The van der Waals surface area contributed by atoms with Crippen LogP contribution >= 0.6 is 0 Å². The quantitative estimate of drug-likeness (QED) is 0.583. The van der Waals surface area contributed by atoms with E-state index in [1.807, 2.05) is 6.92 Å². The molecule has 0 spiro atoms. The lowest BCUT2D eigenvalue weighted by atomic mass is 9.90. The number of fused-ring (bicyclic) bond motifs is 2. The predicted octanol–water partition coefficient (Wildman–Crippen LogP) is -0.301. The largest absolute Gasteiger partial charge is 0.381 e. The van der Waals surface area contributed by atoms with Crippen LogP contribution in [0.15, 0.2) is 0 Å². The molecular weight excluding hydrogens is 183 g/mol. The predicted molar refractivity (Wildman–Crippen MR) is 50.4 cm³/mol. The molecule has 2 rings (SSSR count). The highest BCUT2D eigenvalue weighted by Gasteiger charge is 2.64. The zero-order chi connectivity index (χ0) is 10.3. The van der Waals surface area contributed by atoms with Gasteiger partial charge in [-0.25, -0.2) is 0 Å². The van der Waals surface area contributed by atoms with E-state index >= 15 is 0 Å². The molecular formula is C9H15BO4. The zero-order valence-corrected chi connectivity index (χ0v) is 8.73. The van der Waals surface area contributed by atoms with Crippen LogP contribution < -0.4 is 0 Å². The molecule has 2 aliphatic heterocycles. The molecule has 2 bridgehead atoms. The first kappa shape index (κ1) is 10.4. The third-order valence-corrected chi connectivity index (χ3v) is 3.13. The zero-order valence-electron chi connectivity index (χ0n) is 8.73. The van der Waals surface area contributed by atoms with Gasteiger partial charge in [-0.15, -0.1) is 0 Å². The number of hydrogen-bond donors (Lipinski definition) is 0. The molecule has 0 aliphatic carbocycles. The Kier molecular flexibility index (Phi) is 2.60. The summed E-state index contributed by atoms with van der Waals surface area (Å²) < 4.78 is 21.9. The van der Waals surface area contributed by atoms with Gasteiger partial charge in [0.05, 0.1) is 12.7 Å². The molecule has 0 aromatic heterocycles. The summed E-state index contributed by atoms with van der Waals surface area (Å²) in [5.74, 6) is 0. The maximum absolute atomic E-state index is 5.78. The molecule has 2 radical (unpaired) electrons. The van der Waals surface area contributed by atoms with Crippen molar-refractivity contribution in [2.24, 2.45) is 0 Å². The maximum Gasteiger partial charge on any atom is 0.145 e. The Hall–Kier alpha value is -0.0951. The first-order valence-corrected chi connectivity index (χ1v) is 4.76. The third kappa shape index (κ3) is 1.16. The van der Waals surface area contributed by atoms with Crippen LogP contribution in [0.25, 0.3) is 0 Å². The van der Waals surface area contributed by atoms with Crippen molar-refractivity contribution in [2.75, 3.05) is 20.8 Å². The van der Waals surface area contributed by atoms with Crippen LogP contribution in [0.3, 0.4) is 0 Å². The average Bonchev–Trinajstić information content (AvgIpc) is 2.54. The molecule has 4 nitrogen and oxygen atoms in total. The Morgan fingerprint density at radius 3 is 2.71 bits per heavy atom. The molecule has 2 saturated heterocycles. The average molecular weight is 198 g/mol. The van der Waals surface area contributed by atoms with Gasteiger partial charge in [-0.1, -0.05) is 0 Å². The fraction of sp³-hybridized carbons (Fsp3) is 1.00. The summed E-state index contributed by atoms with van der Waals surface area (Å²) in [5, 5.41) is 0. The van der Waals surface area contributed by atoms with Gasteiger partial charge in [0, 0.05) is 20.2 Å². The van der Waals surface area contributed by atoms with Crippen molar-refractivity contribution in [1.82, 2.24) is 0 Å². The summed E-state index contributed by atoms with van der Waals surface area (Å²) in [6.07, 6.45) is -0.352. The van der Waals surface area contributed by atoms with Gasteiger partial charge in [0.25, 0.3) is 0 Å². The van der Waals surface area contributed by atoms with E-state index in [4.69, 9.17) is 26.8 Å². The van der Waals surface area contributed by atoms with Gasteiger partial charge < -0.3 is 18.9 Å². The Bertz CT molecular complexity index is 225. The minimum Gasteiger partial charge on any atom is -0.381 e. The van der Waals surface area contributed by atoms with Crippen molar-refractivity contribution in [3.63, 3.8) is 0 Å². The lowest BCUT2D eigenvalue weighted by Gasteiger charge is -2.34. The van der Waals surface area contributed by atoms with E-state index in [9.17, 15) is 0 Å². The van der Waals surface area contributed by atoms with E-state index in [2.05, 4.69) is 0 Å². The summed E-state index contributed by atoms with van der Waals surface area (Å²) in [6, 6.07) is -0.411. The van der Waals surface area contributed by atoms with Crippen LogP contribution in [-0.2, 0) is 18.9 Å². The highest BCUT2D eigenvalue weighted by molar-refractivity contribution is 6.11. The van der Waals surface area contributed by atoms with Gasteiger partial charge in [-0.2, -0.15) is 0 Å². The Morgan fingerprint density at radius 1 is 1.43 bits per heavy atom.